The summed E-state index contributed by atoms with van der Waals surface area (Å²) in [5, 5.41) is 8.56. The molecule has 3 rings (SSSR count). The zero-order valence-electron chi connectivity index (χ0n) is 14.6. The minimum absolute atomic E-state index is 0. The van der Waals surface area contributed by atoms with Crippen LogP contribution in [0.2, 0.25) is 10.0 Å². The minimum atomic E-state index is -0.00845. The summed E-state index contributed by atoms with van der Waals surface area (Å²) in [6.45, 7) is 2.63. The van der Waals surface area contributed by atoms with Gasteiger partial charge in [-0.2, -0.15) is 5.10 Å². The van der Waals surface area contributed by atoms with Crippen molar-refractivity contribution < 1.29 is 4.79 Å². The van der Waals surface area contributed by atoms with Crippen LogP contribution in [-0.4, -0.2) is 47.3 Å². The normalized spacial score (nSPS) is 15.0. The van der Waals surface area contributed by atoms with Crippen molar-refractivity contribution in [3.8, 4) is 5.69 Å². The van der Waals surface area contributed by atoms with Crippen LogP contribution in [0.25, 0.3) is 5.69 Å². The van der Waals surface area contributed by atoms with E-state index in [1.54, 1.807) is 29.1 Å². The molecule has 1 aromatic heterocycles. The lowest BCUT2D eigenvalue weighted by Gasteiger charge is -2.31. The fourth-order valence-corrected chi connectivity index (χ4v) is 3.44. The smallest absolute Gasteiger partial charge is 0.274 e. The quantitative estimate of drug-likeness (QED) is 0.798. The van der Waals surface area contributed by atoms with Gasteiger partial charge in [-0.05, 0) is 63.0 Å². The second-order valence-corrected chi connectivity index (χ2v) is 7.19. The number of nitrogens with one attached hydrogen (secondary N) is 1. The minimum Gasteiger partial charge on any atom is -0.337 e. The van der Waals surface area contributed by atoms with E-state index in [9.17, 15) is 4.79 Å². The molecule has 0 aliphatic carbocycles. The maximum atomic E-state index is 12.7. The van der Waals surface area contributed by atoms with Gasteiger partial charge in [-0.1, -0.05) is 23.2 Å². The molecule has 5 nitrogen and oxygen atoms in total. The van der Waals surface area contributed by atoms with Gasteiger partial charge in [-0.25, -0.2) is 4.68 Å². The van der Waals surface area contributed by atoms with E-state index in [4.69, 9.17) is 23.2 Å². The number of rotatable bonds is 5. The number of piperidine rings is 1. The summed E-state index contributed by atoms with van der Waals surface area (Å²) in [7, 11) is 1.98. The largest absolute Gasteiger partial charge is 0.337 e. The van der Waals surface area contributed by atoms with Crippen molar-refractivity contribution >= 4 is 41.5 Å². The summed E-state index contributed by atoms with van der Waals surface area (Å²) in [5.41, 5.74) is 1.24. The Kier molecular flexibility index (Phi) is 7.77. The van der Waals surface area contributed by atoms with E-state index in [0.29, 0.717) is 21.7 Å². The van der Waals surface area contributed by atoms with Crippen LogP contribution in [0.15, 0.2) is 30.5 Å². The number of hydrogen-bond donors (Lipinski definition) is 1. The lowest BCUT2D eigenvalue weighted by Crippen LogP contribution is -2.39. The molecule has 142 valence electrons. The van der Waals surface area contributed by atoms with Crippen molar-refractivity contribution in [2.45, 2.75) is 19.3 Å². The Balaban J connectivity index is 0.00000243. The molecule has 1 N–H and O–H groups in total. The Hall–Kier alpha value is -1.27. The maximum Gasteiger partial charge on any atom is 0.274 e. The zero-order valence-corrected chi connectivity index (χ0v) is 16.9. The van der Waals surface area contributed by atoms with Crippen molar-refractivity contribution in [3.05, 3.63) is 46.2 Å². The van der Waals surface area contributed by atoms with E-state index >= 15 is 0 Å². The summed E-state index contributed by atoms with van der Waals surface area (Å²) in [6, 6.07) is 7.03. The Bertz CT molecular complexity index is 742. The molecule has 26 heavy (non-hydrogen) atoms. The molecule has 1 aromatic carbocycles. The van der Waals surface area contributed by atoms with Crippen LogP contribution in [0.1, 0.15) is 29.8 Å². The average molecular weight is 418 g/mol. The molecular formula is C18H23Cl3N4O. The summed E-state index contributed by atoms with van der Waals surface area (Å²) in [6.07, 6.45) is 5.05. The van der Waals surface area contributed by atoms with Crippen molar-refractivity contribution in [3.63, 3.8) is 0 Å². The van der Waals surface area contributed by atoms with E-state index in [0.717, 1.165) is 38.2 Å². The number of hydrogen-bond acceptors (Lipinski definition) is 3. The molecule has 2 heterocycles. The average Bonchev–Trinajstić information content (AvgIpc) is 3.12. The first-order chi connectivity index (χ1) is 12.1. The second kappa shape index (κ2) is 9.60. The van der Waals surface area contributed by atoms with E-state index in [2.05, 4.69) is 10.4 Å². The van der Waals surface area contributed by atoms with E-state index in [1.165, 1.54) is 6.42 Å². The van der Waals surface area contributed by atoms with Crippen molar-refractivity contribution in [1.82, 2.24) is 20.0 Å². The highest BCUT2D eigenvalue weighted by Crippen LogP contribution is 2.25. The number of nitrogens with zero attached hydrogens (tertiary/aromatic N) is 3. The molecule has 0 bridgehead atoms. The van der Waals surface area contributed by atoms with Gasteiger partial charge in [-0.3, -0.25) is 4.79 Å². The lowest BCUT2D eigenvalue weighted by molar-refractivity contribution is 0.0680. The van der Waals surface area contributed by atoms with Crippen LogP contribution in [-0.2, 0) is 0 Å². The van der Waals surface area contributed by atoms with Gasteiger partial charge in [0.2, 0.25) is 0 Å². The molecule has 1 aliphatic heterocycles. The van der Waals surface area contributed by atoms with E-state index in [-0.39, 0.29) is 18.3 Å². The number of likely N-dealkylation sites (tertiary alicyclic amines) is 1. The van der Waals surface area contributed by atoms with Gasteiger partial charge in [0.1, 0.15) is 0 Å². The van der Waals surface area contributed by atoms with E-state index in [1.807, 2.05) is 18.0 Å². The third-order valence-electron chi connectivity index (χ3n) is 4.68. The highest BCUT2D eigenvalue weighted by Gasteiger charge is 2.24. The summed E-state index contributed by atoms with van der Waals surface area (Å²) < 4.78 is 1.65. The number of carbonyl (C=O) groups excluding carboxylic acids is 1. The number of benzene rings is 1. The number of carbonyl (C=O) groups is 1. The van der Waals surface area contributed by atoms with Gasteiger partial charge in [-0.15, -0.1) is 12.4 Å². The summed E-state index contributed by atoms with van der Waals surface area (Å²) in [4.78, 5) is 14.6. The zero-order chi connectivity index (χ0) is 17.8. The molecule has 2 aromatic rings. The number of amides is 1. The van der Waals surface area contributed by atoms with Crippen LogP contribution < -0.4 is 5.32 Å². The van der Waals surface area contributed by atoms with Gasteiger partial charge < -0.3 is 10.2 Å². The topological polar surface area (TPSA) is 50.2 Å². The van der Waals surface area contributed by atoms with Crippen molar-refractivity contribution in [2.24, 2.45) is 5.92 Å². The molecule has 0 saturated carbocycles. The molecule has 1 fully saturated rings. The van der Waals surface area contributed by atoms with Gasteiger partial charge in [0.05, 0.1) is 15.7 Å². The first-order valence-corrected chi connectivity index (χ1v) is 9.29. The molecule has 0 radical (unpaired) electrons. The van der Waals surface area contributed by atoms with Crippen molar-refractivity contribution in [1.29, 1.82) is 0 Å². The first kappa shape index (κ1) is 21.0. The Morgan fingerprint density at radius 1 is 1.23 bits per heavy atom. The molecule has 1 saturated heterocycles. The third kappa shape index (κ3) is 4.92. The highest BCUT2D eigenvalue weighted by molar-refractivity contribution is 6.42. The number of halogens is 3. The summed E-state index contributed by atoms with van der Waals surface area (Å²) in [5.74, 6) is 0.691. The molecule has 1 amide bonds. The van der Waals surface area contributed by atoms with Crippen LogP contribution in [0.5, 0.6) is 0 Å². The van der Waals surface area contributed by atoms with Gasteiger partial charge in [0.25, 0.3) is 5.91 Å². The van der Waals surface area contributed by atoms with Crippen molar-refractivity contribution in [2.75, 3.05) is 26.7 Å². The maximum absolute atomic E-state index is 12.7. The van der Waals surface area contributed by atoms with Crippen LogP contribution in [0.4, 0.5) is 0 Å². The van der Waals surface area contributed by atoms with Gasteiger partial charge in [0.15, 0.2) is 5.69 Å². The van der Waals surface area contributed by atoms with Crippen LogP contribution >= 0.6 is 35.6 Å². The number of aromatic nitrogens is 2. The molecule has 0 unspecified atom stereocenters. The fourth-order valence-electron chi connectivity index (χ4n) is 3.14. The fraction of sp³-hybridized carbons (Fsp3) is 0.444. The monoisotopic (exact) mass is 416 g/mol. The molecule has 0 spiro atoms. The van der Waals surface area contributed by atoms with Crippen LogP contribution in [0.3, 0.4) is 0 Å². The first-order valence-electron chi connectivity index (χ1n) is 8.53. The van der Waals surface area contributed by atoms with Crippen LogP contribution in [0, 0.1) is 5.92 Å². The third-order valence-corrected chi connectivity index (χ3v) is 5.42. The molecule has 8 heteroatoms. The molecule has 0 atom stereocenters. The predicted octanol–water partition coefficient (Wildman–Crippen LogP) is 4.06. The Labute approximate surface area is 170 Å². The van der Waals surface area contributed by atoms with E-state index < -0.39 is 0 Å². The standard InChI is InChI=1S/C18H22Cl2N4O.ClH/c1-21-8-4-13-5-9-23(10-6-13)18(25)17-7-11-24(22-17)14-2-3-15(19)16(20)12-14;/h2-3,7,11-13,21H,4-6,8-10H2,1H3;1H. The highest BCUT2D eigenvalue weighted by atomic mass is 35.5. The van der Waals surface area contributed by atoms with Gasteiger partial charge >= 0.3 is 0 Å². The predicted molar refractivity (Wildman–Crippen MR) is 108 cm³/mol. The van der Waals surface area contributed by atoms with Gasteiger partial charge in [0, 0.05) is 19.3 Å². The molecule has 1 aliphatic rings. The second-order valence-electron chi connectivity index (χ2n) is 6.37. The Morgan fingerprint density at radius 2 is 1.96 bits per heavy atom. The Morgan fingerprint density at radius 3 is 2.62 bits per heavy atom. The summed E-state index contributed by atoms with van der Waals surface area (Å²) >= 11 is 12.0. The molecular weight excluding hydrogens is 395 g/mol. The SMILES string of the molecule is CNCCC1CCN(C(=O)c2ccn(-c3ccc(Cl)c(Cl)c3)n2)CC1.Cl. The lowest BCUT2D eigenvalue weighted by atomic mass is 9.93.